The van der Waals surface area contributed by atoms with E-state index in [4.69, 9.17) is 14.2 Å². The summed E-state index contributed by atoms with van der Waals surface area (Å²) in [5.74, 6) is 0.379. The molecule has 0 aromatic rings. The van der Waals surface area contributed by atoms with Gasteiger partial charge in [0.05, 0.1) is 13.2 Å². The predicted octanol–water partition coefficient (Wildman–Crippen LogP) is 1.71. The Balaban J connectivity index is 1.41. The summed E-state index contributed by atoms with van der Waals surface area (Å²) in [4.78, 5) is 11.8. The van der Waals surface area contributed by atoms with E-state index in [0.29, 0.717) is 12.5 Å². The van der Waals surface area contributed by atoms with Crippen LogP contribution in [0.1, 0.15) is 32.1 Å². The summed E-state index contributed by atoms with van der Waals surface area (Å²) in [6.45, 7) is 3.65. The number of hydrogen-bond donors (Lipinski definition) is 1. The van der Waals surface area contributed by atoms with Gasteiger partial charge in [-0.05, 0) is 37.5 Å². The third kappa shape index (κ3) is 2.87. The second-order valence-corrected chi connectivity index (χ2v) is 6.04. The van der Waals surface area contributed by atoms with Gasteiger partial charge in [0.2, 0.25) is 0 Å². The molecule has 1 amide bonds. The van der Waals surface area contributed by atoms with Crippen LogP contribution in [-0.2, 0) is 14.2 Å². The van der Waals surface area contributed by atoms with E-state index in [1.165, 1.54) is 6.42 Å². The summed E-state index contributed by atoms with van der Waals surface area (Å²) < 4.78 is 16.0. The lowest BCUT2D eigenvalue weighted by molar-refractivity contribution is -0.0540. The van der Waals surface area contributed by atoms with Crippen LogP contribution < -0.4 is 5.32 Å². The van der Waals surface area contributed by atoms with Gasteiger partial charge in [-0.15, -0.1) is 0 Å². The molecular formula is C14H23NO4. The summed E-state index contributed by atoms with van der Waals surface area (Å²) in [5.41, 5.74) is 0.285. The molecule has 108 valence electrons. The lowest BCUT2D eigenvalue weighted by atomic mass is 9.60. The average molecular weight is 269 g/mol. The van der Waals surface area contributed by atoms with Crippen molar-refractivity contribution in [2.24, 2.45) is 11.3 Å². The molecule has 0 radical (unpaired) electrons. The Hall–Kier alpha value is -0.810. The van der Waals surface area contributed by atoms with Crippen molar-refractivity contribution in [2.45, 2.75) is 38.1 Å². The Bertz CT molecular complexity index is 321. The summed E-state index contributed by atoms with van der Waals surface area (Å²) in [7, 11) is 0. The Labute approximate surface area is 114 Å². The molecule has 1 aliphatic carbocycles. The number of alkyl carbamates (subject to hydrolysis) is 1. The molecule has 0 bridgehead atoms. The number of hydrogen-bond acceptors (Lipinski definition) is 4. The van der Waals surface area contributed by atoms with Crippen LogP contribution in [0.5, 0.6) is 0 Å². The minimum Gasteiger partial charge on any atom is -0.449 e. The van der Waals surface area contributed by atoms with E-state index in [1.54, 1.807) is 0 Å². The highest BCUT2D eigenvalue weighted by molar-refractivity contribution is 5.68. The molecule has 2 atom stereocenters. The van der Waals surface area contributed by atoms with E-state index in [0.717, 1.165) is 52.1 Å². The predicted molar refractivity (Wildman–Crippen MR) is 68.9 cm³/mol. The maximum atomic E-state index is 11.8. The highest BCUT2D eigenvalue weighted by Crippen LogP contribution is 2.48. The number of ether oxygens (including phenoxy) is 3. The minimum absolute atomic E-state index is 0.262. The first-order chi connectivity index (χ1) is 9.28. The van der Waals surface area contributed by atoms with Gasteiger partial charge in [-0.2, -0.15) is 0 Å². The molecule has 1 saturated carbocycles. The van der Waals surface area contributed by atoms with Gasteiger partial charge in [0.25, 0.3) is 0 Å². The highest BCUT2D eigenvalue weighted by atomic mass is 16.6. The van der Waals surface area contributed by atoms with Crippen molar-refractivity contribution in [3.05, 3.63) is 0 Å². The molecule has 5 heteroatoms. The number of nitrogens with one attached hydrogen (secondary N) is 1. The molecule has 1 N–H and O–H groups in total. The zero-order valence-corrected chi connectivity index (χ0v) is 11.4. The van der Waals surface area contributed by atoms with Crippen molar-refractivity contribution in [2.75, 3.05) is 33.0 Å². The molecule has 5 nitrogen and oxygen atoms in total. The lowest BCUT2D eigenvalue weighted by Crippen LogP contribution is -2.57. The zero-order chi connectivity index (χ0) is 13.1. The fourth-order valence-corrected chi connectivity index (χ4v) is 3.39. The Morgan fingerprint density at radius 3 is 2.63 bits per heavy atom. The maximum absolute atomic E-state index is 11.8. The molecule has 2 saturated heterocycles. The normalized spacial score (nSPS) is 32.8. The highest BCUT2D eigenvalue weighted by Gasteiger charge is 2.48. The van der Waals surface area contributed by atoms with Crippen LogP contribution in [0.4, 0.5) is 4.79 Å². The first-order valence-electron chi connectivity index (χ1n) is 7.37. The largest absolute Gasteiger partial charge is 0.449 e. The Morgan fingerprint density at radius 2 is 2.00 bits per heavy atom. The second kappa shape index (κ2) is 5.67. The average Bonchev–Trinajstić information content (AvgIpc) is 2.95. The topological polar surface area (TPSA) is 56.8 Å². The fourth-order valence-electron chi connectivity index (χ4n) is 3.39. The van der Waals surface area contributed by atoms with Crippen LogP contribution in [-0.4, -0.2) is 45.2 Å². The molecule has 2 unspecified atom stereocenters. The number of rotatable bonds is 3. The van der Waals surface area contributed by atoms with E-state index < -0.39 is 0 Å². The molecule has 19 heavy (non-hydrogen) atoms. The van der Waals surface area contributed by atoms with Crippen molar-refractivity contribution in [3.63, 3.8) is 0 Å². The number of carbonyl (C=O) groups is 1. The zero-order valence-electron chi connectivity index (χ0n) is 11.4. The quantitative estimate of drug-likeness (QED) is 0.847. The first-order valence-corrected chi connectivity index (χ1v) is 7.37. The first kappa shape index (κ1) is 13.2. The summed E-state index contributed by atoms with van der Waals surface area (Å²) in [5, 5.41) is 3.04. The monoisotopic (exact) mass is 269 g/mol. The van der Waals surface area contributed by atoms with Gasteiger partial charge in [-0.3, -0.25) is 0 Å². The van der Waals surface area contributed by atoms with Crippen LogP contribution in [0.15, 0.2) is 0 Å². The van der Waals surface area contributed by atoms with Gasteiger partial charge in [0.1, 0.15) is 0 Å². The van der Waals surface area contributed by atoms with Crippen molar-refractivity contribution in [1.82, 2.24) is 5.32 Å². The van der Waals surface area contributed by atoms with Crippen LogP contribution in [0.25, 0.3) is 0 Å². The molecule has 1 spiro atoms. The van der Waals surface area contributed by atoms with Gasteiger partial charge in [-0.25, -0.2) is 4.79 Å². The molecule has 2 aliphatic heterocycles. The maximum Gasteiger partial charge on any atom is 0.407 e. The number of amides is 1. The van der Waals surface area contributed by atoms with Gasteiger partial charge in [-0.1, -0.05) is 0 Å². The van der Waals surface area contributed by atoms with E-state index in [9.17, 15) is 4.79 Å². The summed E-state index contributed by atoms with van der Waals surface area (Å²) in [6, 6.07) is 0.281. The Morgan fingerprint density at radius 1 is 1.16 bits per heavy atom. The second-order valence-electron chi connectivity index (χ2n) is 6.04. The van der Waals surface area contributed by atoms with Crippen molar-refractivity contribution < 1.29 is 19.0 Å². The number of carbonyl (C=O) groups excluding carboxylic acids is 1. The SMILES string of the molecule is O=C(NC1CCC12CCOCC2)OCC1CCOC1. The van der Waals surface area contributed by atoms with Crippen LogP contribution in [0, 0.1) is 11.3 Å². The molecule has 3 aliphatic rings. The Kier molecular flexibility index (Phi) is 3.93. The standard InChI is InChI=1S/C14H23NO4/c16-13(19-10-11-2-6-18-9-11)15-12-1-3-14(12)4-7-17-8-5-14/h11-12H,1-10H2,(H,15,16). The van der Waals surface area contributed by atoms with Gasteiger partial charge in [0, 0.05) is 31.8 Å². The summed E-state index contributed by atoms with van der Waals surface area (Å²) >= 11 is 0. The minimum atomic E-state index is -0.262. The smallest absolute Gasteiger partial charge is 0.407 e. The van der Waals surface area contributed by atoms with E-state index >= 15 is 0 Å². The van der Waals surface area contributed by atoms with Gasteiger partial charge in [0.15, 0.2) is 0 Å². The van der Waals surface area contributed by atoms with Gasteiger partial charge < -0.3 is 19.5 Å². The molecule has 3 rings (SSSR count). The fraction of sp³-hybridized carbons (Fsp3) is 0.929. The third-order valence-electron chi connectivity index (χ3n) is 4.92. The van der Waals surface area contributed by atoms with E-state index in [-0.39, 0.29) is 17.6 Å². The van der Waals surface area contributed by atoms with Crippen molar-refractivity contribution in [3.8, 4) is 0 Å². The van der Waals surface area contributed by atoms with E-state index in [1.807, 2.05) is 0 Å². The summed E-state index contributed by atoms with van der Waals surface area (Å²) in [6.07, 6.45) is 5.14. The van der Waals surface area contributed by atoms with Crippen LogP contribution in [0.2, 0.25) is 0 Å². The molecule has 0 aromatic carbocycles. The van der Waals surface area contributed by atoms with Crippen LogP contribution >= 0.6 is 0 Å². The molecular weight excluding hydrogens is 246 g/mol. The molecule has 0 aromatic heterocycles. The van der Waals surface area contributed by atoms with E-state index in [2.05, 4.69) is 5.32 Å². The molecule has 2 heterocycles. The van der Waals surface area contributed by atoms with Crippen LogP contribution in [0.3, 0.4) is 0 Å². The van der Waals surface area contributed by atoms with Crippen molar-refractivity contribution in [1.29, 1.82) is 0 Å². The third-order valence-corrected chi connectivity index (χ3v) is 4.92. The van der Waals surface area contributed by atoms with Crippen molar-refractivity contribution >= 4 is 6.09 Å². The lowest BCUT2D eigenvalue weighted by Gasteiger charge is -2.51. The molecule has 3 fully saturated rings. The van der Waals surface area contributed by atoms with Gasteiger partial charge >= 0.3 is 6.09 Å².